The molecule has 1 fully saturated rings. The van der Waals surface area contributed by atoms with Gasteiger partial charge in [0.25, 0.3) is 5.91 Å². The van der Waals surface area contributed by atoms with Gasteiger partial charge in [-0.2, -0.15) is 0 Å². The van der Waals surface area contributed by atoms with Crippen LogP contribution in [0.3, 0.4) is 0 Å². The molecule has 0 bridgehead atoms. The number of amides is 1. The summed E-state index contributed by atoms with van der Waals surface area (Å²) in [6.07, 6.45) is 0.855. The zero-order valence-electron chi connectivity index (χ0n) is 9.83. The molecule has 1 unspecified atom stereocenters. The van der Waals surface area contributed by atoms with Crippen LogP contribution in [0.5, 0.6) is 0 Å². The predicted molar refractivity (Wildman–Crippen MR) is 67.3 cm³/mol. The van der Waals surface area contributed by atoms with Crippen molar-refractivity contribution in [1.29, 1.82) is 0 Å². The van der Waals surface area contributed by atoms with Crippen LogP contribution < -0.4 is 5.32 Å². The first kappa shape index (κ1) is 12.4. The monoisotopic (exact) mass is 253 g/mol. The van der Waals surface area contributed by atoms with E-state index in [2.05, 4.69) is 5.32 Å². The van der Waals surface area contributed by atoms with Crippen molar-refractivity contribution in [1.82, 2.24) is 5.32 Å². The van der Waals surface area contributed by atoms with Gasteiger partial charge in [0.15, 0.2) is 0 Å². The van der Waals surface area contributed by atoms with Crippen LogP contribution in [0.2, 0.25) is 0 Å². The number of benzene rings is 1. The van der Waals surface area contributed by atoms with Gasteiger partial charge < -0.3 is 10.1 Å². The second-order valence-electron chi connectivity index (χ2n) is 4.65. The fourth-order valence-electron chi connectivity index (χ4n) is 1.91. The third-order valence-corrected chi connectivity index (χ3v) is 3.29. The molecular weight excluding hydrogens is 238 g/mol. The summed E-state index contributed by atoms with van der Waals surface area (Å²) >= 11 is 5.75. The quantitative estimate of drug-likeness (QED) is 0.840. The summed E-state index contributed by atoms with van der Waals surface area (Å²) < 4.78 is 5.31. The molecule has 0 radical (unpaired) electrons. The number of rotatable bonds is 3. The van der Waals surface area contributed by atoms with E-state index in [4.69, 9.17) is 16.3 Å². The Bertz CT molecular complexity index is 414. The van der Waals surface area contributed by atoms with E-state index in [1.165, 1.54) is 0 Å². The Morgan fingerprint density at radius 3 is 3.06 bits per heavy atom. The zero-order valence-corrected chi connectivity index (χ0v) is 10.6. The maximum atomic E-state index is 12.1. The van der Waals surface area contributed by atoms with Gasteiger partial charge in [0.2, 0.25) is 0 Å². The molecular formula is C13H16ClNO2. The van der Waals surface area contributed by atoms with Crippen LogP contribution in [0.25, 0.3) is 0 Å². The van der Waals surface area contributed by atoms with Crippen molar-refractivity contribution in [2.75, 3.05) is 13.2 Å². The molecule has 17 heavy (non-hydrogen) atoms. The van der Waals surface area contributed by atoms with Gasteiger partial charge in [0, 0.05) is 18.1 Å². The van der Waals surface area contributed by atoms with Crippen molar-refractivity contribution in [3.05, 3.63) is 35.4 Å². The third-order valence-electron chi connectivity index (χ3n) is 2.98. The average molecular weight is 254 g/mol. The molecule has 1 atom stereocenters. The minimum Gasteiger partial charge on any atom is -0.379 e. The molecule has 0 spiro atoms. The smallest absolute Gasteiger partial charge is 0.251 e. The molecule has 92 valence electrons. The number of alkyl halides is 1. The molecule has 1 N–H and O–H groups in total. The first-order valence-electron chi connectivity index (χ1n) is 5.68. The lowest BCUT2D eigenvalue weighted by atomic mass is 10.0. The summed E-state index contributed by atoms with van der Waals surface area (Å²) in [7, 11) is 0. The van der Waals surface area contributed by atoms with Crippen molar-refractivity contribution in [3.63, 3.8) is 0 Å². The number of ether oxygens (including phenoxy) is 1. The summed E-state index contributed by atoms with van der Waals surface area (Å²) in [4.78, 5) is 12.1. The Labute approximate surface area is 106 Å². The second-order valence-corrected chi connectivity index (χ2v) is 4.92. The molecule has 1 aliphatic heterocycles. The van der Waals surface area contributed by atoms with Gasteiger partial charge in [-0.25, -0.2) is 0 Å². The Kier molecular flexibility index (Phi) is 3.69. The van der Waals surface area contributed by atoms with Gasteiger partial charge in [-0.1, -0.05) is 12.1 Å². The summed E-state index contributed by atoms with van der Waals surface area (Å²) in [5.74, 6) is 0.353. The first-order valence-corrected chi connectivity index (χ1v) is 6.22. The van der Waals surface area contributed by atoms with Gasteiger partial charge in [0.05, 0.1) is 12.1 Å². The summed E-state index contributed by atoms with van der Waals surface area (Å²) in [6, 6.07) is 7.37. The molecule has 1 heterocycles. The number of hydrogen-bond donors (Lipinski definition) is 1. The summed E-state index contributed by atoms with van der Waals surface area (Å²) in [5, 5.41) is 3.02. The number of halogens is 1. The van der Waals surface area contributed by atoms with Gasteiger partial charge in [0.1, 0.15) is 0 Å². The molecule has 3 nitrogen and oxygen atoms in total. The summed E-state index contributed by atoms with van der Waals surface area (Å²) in [5.41, 5.74) is 1.36. The molecule has 1 saturated heterocycles. The Morgan fingerprint density at radius 1 is 1.59 bits per heavy atom. The highest BCUT2D eigenvalue weighted by atomic mass is 35.5. The van der Waals surface area contributed by atoms with Crippen LogP contribution in [0.4, 0.5) is 0 Å². The van der Waals surface area contributed by atoms with Gasteiger partial charge in [-0.3, -0.25) is 4.79 Å². The van der Waals surface area contributed by atoms with E-state index < -0.39 is 0 Å². The van der Waals surface area contributed by atoms with Crippen molar-refractivity contribution in [3.8, 4) is 0 Å². The highest BCUT2D eigenvalue weighted by Gasteiger charge is 2.31. The van der Waals surface area contributed by atoms with E-state index in [1.807, 2.05) is 25.1 Å². The van der Waals surface area contributed by atoms with Crippen LogP contribution in [-0.2, 0) is 10.6 Å². The molecule has 2 rings (SSSR count). The largest absolute Gasteiger partial charge is 0.379 e. The zero-order chi connectivity index (χ0) is 12.3. The lowest BCUT2D eigenvalue weighted by Crippen LogP contribution is -2.46. The van der Waals surface area contributed by atoms with E-state index in [9.17, 15) is 4.79 Å². The van der Waals surface area contributed by atoms with Crippen molar-refractivity contribution < 1.29 is 9.53 Å². The van der Waals surface area contributed by atoms with Crippen LogP contribution in [0, 0.1) is 0 Å². The Balaban J connectivity index is 2.08. The molecule has 0 aromatic heterocycles. The minimum atomic E-state index is -0.242. The average Bonchev–Trinajstić information content (AvgIpc) is 2.76. The molecule has 1 aliphatic rings. The molecule has 1 aromatic rings. The lowest BCUT2D eigenvalue weighted by molar-refractivity contribution is 0.0890. The lowest BCUT2D eigenvalue weighted by Gasteiger charge is -2.23. The first-order chi connectivity index (χ1) is 8.13. The third kappa shape index (κ3) is 2.99. The topological polar surface area (TPSA) is 38.3 Å². The minimum absolute atomic E-state index is 0.0648. The fourth-order valence-corrected chi connectivity index (χ4v) is 2.07. The standard InChI is InChI=1S/C13H16ClNO2/c1-13(5-6-17-9-13)15-12(16)11-4-2-3-10(7-11)8-14/h2-4,7H,5-6,8-9H2,1H3,(H,15,16). The van der Waals surface area contributed by atoms with Crippen molar-refractivity contribution in [2.24, 2.45) is 0 Å². The molecule has 1 aromatic carbocycles. The van der Waals surface area contributed by atoms with Crippen molar-refractivity contribution in [2.45, 2.75) is 24.8 Å². The van der Waals surface area contributed by atoms with E-state index in [0.29, 0.717) is 24.7 Å². The molecule has 1 amide bonds. The van der Waals surface area contributed by atoms with E-state index >= 15 is 0 Å². The second kappa shape index (κ2) is 5.07. The Hall–Kier alpha value is -1.06. The van der Waals surface area contributed by atoms with Crippen LogP contribution in [0.1, 0.15) is 29.3 Å². The van der Waals surface area contributed by atoms with E-state index in [1.54, 1.807) is 6.07 Å². The molecule has 4 heteroatoms. The fraction of sp³-hybridized carbons (Fsp3) is 0.462. The van der Waals surface area contributed by atoms with Gasteiger partial charge in [-0.15, -0.1) is 11.6 Å². The summed E-state index contributed by atoms with van der Waals surface area (Å²) in [6.45, 7) is 3.29. The van der Waals surface area contributed by atoms with Crippen LogP contribution >= 0.6 is 11.6 Å². The normalized spacial score (nSPS) is 23.6. The van der Waals surface area contributed by atoms with Crippen LogP contribution in [0.15, 0.2) is 24.3 Å². The SMILES string of the molecule is CC1(NC(=O)c2cccc(CCl)c2)CCOC1. The van der Waals surface area contributed by atoms with Crippen LogP contribution in [-0.4, -0.2) is 24.7 Å². The predicted octanol–water partition coefficient (Wildman–Crippen LogP) is 2.33. The van der Waals surface area contributed by atoms with E-state index in [-0.39, 0.29) is 11.4 Å². The van der Waals surface area contributed by atoms with Crippen molar-refractivity contribution >= 4 is 17.5 Å². The maximum Gasteiger partial charge on any atom is 0.251 e. The van der Waals surface area contributed by atoms with E-state index in [0.717, 1.165) is 12.0 Å². The number of carbonyl (C=O) groups excluding carboxylic acids is 1. The highest BCUT2D eigenvalue weighted by molar-refractivity contribution is 6.17. The maximum absolute atomic E-state index is 12.1. The van der Waals surface area contributed by atoms with Gasteiger partial charge >= 0.3 is 0 Å². The molecule has 0 saturated carbocycles. The molecule has 0 aliphatic carbocycles. The Morgan fingerprint density at radius 2 is 2.41 bits per heavy atom. The number of carbonyl (C=O) groups is 1. The number of nitrogens with one attached hydrogen (secondary N) is 1. The van der Waals surface area contributed by atoms with Gasteiger partial charge in [-0.05, 0) is 31.0 Å². The highest BCUT2D eigenvalue weighted by Crippen LogP contribution is 2.18. The number of hydrogen-bond acceptors (Lipinski definition) is 2.